The fourth-order valence-electron chi connectivity index (χ4n) is 3.40. The number of rotatable bonds is 5. The number of benzene rings is 2. The molecule has 0 aliphatic heterocycles. The molecule has 146 valence electrons. The Hall–Kier alpha value is -3.26. The Bertz CT molecular complexity index is 916. The minimum atomic E-state index is -0.835. The fraction of sp³-hybridized carbons (Fsp3) is 0.300. The monoisotopic (exact) mass is 383 g/mol. The summed E-state index contributed by atoms with van der Waals surface area (Å²) in [5, 5.41) is 15.9. The van der Waals surface area contributed by atoms with E-state index in [9.17, 15) is 19.7 Å². The van der Waals surface area contributed by atoms with Crippen molar-refractivity contribution in [1.29, 1.82) is 0 Å². The van der Waals surface area contributed by atoms with Gasteiger partial charge in [-0.05, 0) is 29.7 Å². The summed E-state index contributed by atoms with van der Waals surface area (Å²) in [5.41, 5.74) is 2.52. The fourth-order valence-corrected chi connectivity index (χ4v) is 3.40. The number of nitro groups is 1. The summed E-state index contributed by atoms with van der Waals surface area (Å²) in [6.07, 6.45) is 1.31. The van der Waals surface area contributed by atoms with E-state index in [0.717, 1.165) is 0 Å². The molecule has 0 heterocycles. The topological polar surface area (TPSA) is 111 Å². The number of nitro benzene ring substituents is 1. The maximum absolute atomic E-state index is 12.2. The highest BCUT2D eigenvalue weighted by molar-refractivity contribution is 6.39. The van der Waals surface area contributed by atoms with Crippen molar-refractivity contribution in [2.75, 3.05) is 19.0 Å². The minimum Gasteiger partial charge on any atom is -0.376 e. The highest BCUT2D eigenvalue weighted by Gasteiger charge is 2.38. The molecule has 0 unspecified atom stereocenters. The lowest BCUT2D eigenvalue weighted by atomic mass is 10.00. The molecule has 2 aromatic rings. The Balaban J connectivity index is 1.60. The summed E-state index contributed by atoms with van der Waals surface area (Å²) in [7, 11) is 1.60. The minimum absolute atomic E-state index is 0.0808. The van der Waals surface area contributed by atoms with E-state index in [0.29, 0.717) is 24.1 Å². The van der Waals surface area contributed by atoms with Crippen LogP contribution in [0.4, 0.5) is 11.4 Å². The number of aryl methyl sites for hydroxylation is 1. The number of amides is 2. The van der Waals surface area contributed by atoms with E-state index in [2.05, 4.69) is 10.6 Å². The molecule has 0 saturated carbocycles. The Morgan fingerprint density at radius 3 is 2.32 bits per heavy atom. The number of fused-ring (bicyclic) bond motifs is 1. The number of carbonyl (C=O) groups is 2. The molecule has 0 saturated heterocycles. The molecule has 8 heteroatoms. The summed E-state index contributed by atoms with van der Waals surface area (Å²) >= 11 is 0. The van der Waals surface area contributed by atoms with E-state index in [4.69, 9.17) is 4.74 Å². The first-order valence-corrected chi connectivity index (χ1v) is 8.80. The molecule has 0 radical (unpaired) electrons. The van der Waals surface area contributed by atoms with Gasteiger partial charge in [0.05, 0.1) is 10.5 Å². The van der Waals surface area contributed by atoms with Crippen molar-refractivity contribution in [3.8, 4) is 0 Å². The SMILES string of the molecule is COC1(CNC(=O)C(=O)Nc2ccc([N+](=O)[O-])cc2C)Cc2ccccc2C1. The van der Waals surface area contributed by atoms with Gasteiger partial charge in [0.15, 0.2) is 0 Å². The van der Waals surface area contributed by atoms with E-state index in [-0.39, 0.29) is 12.2 Å². The molecule has 0 aromatic heterocycles. The lowest BCUT2D eigenvalue weighted by Gasteiger charge is -2.27. The van der Waals surface area contributed by atoms with E-state index < -0.39 is 22.3 Å². The Morgan fingerprint density at radius 2 is 1.79 bits per heavy atom. The molecule has 2 N–H and O–H groups in total. The van der Waals surface area contributed by atoms with Crippen LogP contribution in [0.5, 0.6) is 0 Å². The number of nitrogens with one attached hydrogen (secondary N) is 2. The number of nitrogens with zero attached hydrogens (tertiary/aromatic N) is 1. The Morgan fingerprint density at radius 1 is 1.14 bits per heavy atom. The molecule has 0 bridgehead atoms. The summed E-state index contributed by atoms with van der Waals surface area (Å²) < 4.78 is 5.67. The maximum atomic E-state index is 12.2. The van der Waals surface area contributed by atoms with E-state index in [1.54, 1.807) is 14.0 Å². The summed E-state index contributed by atoms with van der Waals surface area (Å²) in [4.78, 5) is 34.7. The van der Waals surface area contributed by atoms with Crippen LogP contribution >= 0.6 is 0 Å². The van der Waals surface area contributed by atoms with Crippen molar-refractivity contribution in [2.24, 2.45) is 0 Å². The molecule has 0 spiro atoms. The van der Waals surface area contributed by atoms with Crippen LogP contribution < -0.4 is 10.6 Å². The number of methoxy groups -OCH3 is 1. The second-order valence-corrected chi connectivity index (χ2v) is 6.90. The third-order valence-electron chi connectivity index (χ3n) is 5.02. The second kappa shape index (κ2) is 7.77. The van der Waals surface area contributed by atoms with Gasteiger partial charge in [0.25, 0.3) is 5.69 Å². The van der Waals surface area contributed by atoms with Gasteiger partial charge in [-0.25, -0.2) is 0 Å². The smallest absolute Gasteiger partial charge is 0.313 e. The Kier molecular flexibility index (Phi) is 5.41. The molecule has 3 rings (SSSR count). The average molecular weight is 383 g/mol. The van der Waals surface area contributed by atoms with Crippen LogP contribution in [0.3, 0.4) is 0 Å². The maximum Gasteiger partial charge on any atom is 0.313 e. The first-order chi connectivity index (χ1) is 13.3. The van der Waals surface area contributed by atoms with Gasteiger partial charge in [0.2, 0.25) is 0 Å². The molecule has 1 aliphatic rings. The number of non-ortho nitro benzene ring substituents is 1. The van der Waals surface area contributed by atoms with E-state index in [1.807, 2.05) is 24.3 Å². The first kappa shape index (κ1) is 19.5. The van der Waals surface area contributed by atoms with E-state index >= 15 is 0 Å². The van der Waals surface area contributed by atoms with Crippen LogP contribution in [0.2, 0.25) is 0 Å². The first-order valence-electron chi connectivity index (χ1n) is 8.80. The summed E-state index contributed by atoms with van der Waals surface area (Å²) in [5.74, 6) is -1.62. The van der Waals surface area contributed by atoms with Gasteiger partial charge < -0.3 is 15.4 Å². The second-order valence-electron chi connectivity index (χ2n) is 6.90. The number of hydrogen-bond acceptors (Lipinski definition) is 5. The van der Waals surface area contributed by atoms with Crippen LogP contribution in [-0.2, 0) is 27.2 Å². The number of ether oxygens (including phenoxy) is 1. The van der Waals surface area contributed by atoms with Crippen LogP contribution in [-0.4, -0.2) is 36.0 Å². The molecular weight excluding hydrogens is 362 g/mol. The predicted octanol–water partition coefficient (Wildman–Crippen LogP) is 2.14. The summed E-state index contributed by atoms with van der Waals surface area (Å²) in [6.45, 7) is 1.82. The van der Waals surface area contributed by atoms with Crippen LogP contribution in [0.25, 0.3) is 0 Å². The molecule has 2 aromatic carbocycles. The van der Waals surface area contributed by atoms with Crippen LogP contribution in [0.15, 0.2) is 42.5 Å². The number of anilines is 1. The molecule has 28 heavy (non-hydrogen) atoms. The third kappa shape index (κ3) is 4.01. The van der Waals surface area contributed by atoms with Gasteiger partial charge in [-0.15, -0.1) is 0 Å². The molecule has 0 atom stereocenters. The average Bonchev–Trinajstić information content (AvgIpc) is 3.06. The van der Waals surface area contributed by atoms with Gasteiger partial charge in [-0.3, -0.25) is 19.7 Å². The van der Waals surface area contributed by atoms with Crippen molar-refractivity contribution < 1.29 is 19.2 Å². The van der Waals surface area contributed by atoms with Gasteiger partial charge in [0, 0.05) is 44.3 Å². The molecule has 1 aliphatic carbocycles. The Labute approximate surface area is 162 Å². The number of hydrogen-bond donors (Lipinski definition) is 2. The zero-order valence-electron chi connectivity index (χ0n) is 15.7. The molecule has 2 amide bonds. The van der Waals surface area contributed by atoms with E-state index in [1.165, 1.54) is 29.3 Å². The van der Waals surface area contributed by atoms with Gasteiger partial charge in [0.1, 0.15) is 0 Å². The molecule has 8 nitrogen and oxygen atoms in total. The quantitative estimate of drug-likeness (QED) is 0.467. The normalized spacial score (nSPS) is 14.2. The predicted molar refractivity (Wildman–Crippen MR) is 103 cm³/mol. The number of carbonyl (C=O) groups excluding carboxylic acids is 2. The standard InChI is InChI=1S/C20H21N3O5/c1-13-9-16(23(26)27)7-8-17(13)22-19(25)18(24)21-12-20(28-2)10-14-5-3-4-6-15(14)11-20/h3-9H,10-12H2,1-2H3,(H,21,24)(H,22,25). The van der Waals surface area contributed by atoms with Gasteiger partial charge in [-0.1, -0.05) is 24.3 Å². The summed E-state index contributed by atoms with van der Waals surface area (Å²) in [6, 6.07) is 12.0. The highest BCUT2D eigenvalue weighted by Crippen LogP contribution is 2.32. The van der Waals surface area contributed by atoms with Crippen LogP contribution in [0, 0.1) is 17.0 Å². The van der Waals surface area contributed by atoms with Gasteiger partial charge >= 0.3 is 11.8 Å². The van der Waals surface area contributed by atoms with Crippen molar-refractivity contribution >= 4 is 23.2 Å². The zero-order valence-corrected chi connectivity index (χ0v) is 15.7. The lowest BCUT2D eigenvalue weighted by molar-refractivity contribution is -0.384. The zero-order chi connectivity index (χ0) is 20.3. The lowest BCUT2D eigenvalue weighted by Crippen LogP contribution is -2.48. The third-order valence-corrected chi connectivity index (χ3v) is 5.02. The molecular formula is C20H21N3O5. The molecule has 0 fully saturated rings. The van der Waals surface area contributed by atoms with Crippen molar-refractivity contribution in [1.82, 2.24) is 5.32 Å². The van der Waals surface area contributed by atoms with Crippen molar-refractivity contribution in [3.63, 3.8) is 0 Å². The van der Waals surface area contributed by atoms with Crippen LogP contribution in [0.1, 0.15) is 16.7 Å². The van der Waals surface area contributed by atoms with Crippen molar-refractivity contribution in [2.45, 2.75) is 25.4 Å². The van der Waals surface area contributed by atoms with Crippen molar-refractivity contribution in [3.05, 3.63) is 69.3 Å². The van der Waals surface area contributed by atoms with Gasteiger partial charge in [-0.2, -0.15) is 0 Å². The highest BCUT2D eigenvalue weighted by atomic mass is 16.6. The largest absolute Gasteiger partial charge is 0.376 e.